The Hall–Kier alpha value is -0.910. The molecule has 4 N–H and O–H groups in total. The van der Waals surface area contributed by atoms with Crippen LogP contribution in [0.3, 0.4) is 0 Å². The number of nitrogens with one attached hydrogen (secondary N) is 1. The molecular weight excluding hydrogens is 198 g/mol. The Morgan fingerprint density at radius 1 is 1.60 bits per heavy atom. The monoisotopic (exact) mass is 215 g/mol. The molecule has 5 heteroatoms. The van der Waals surface area contributed by atoms with Crippen molar-refractivity contribution in [1.29, 1.82) is 0 Å². The number of hydrogen-bond acceptors (Lipinski definition) is 4. The highest BCUT2D eigenvalue weighted by Gasteiger charge is 2.40. The fourth-order valence-corrected chi connectivity index (χ4v) is 2.15. The zero-order valence-corrected chi connectivity index (χ0v) is 8.68. The van der Waals surface area contributed by atoms with Gasteiger partial charge in [-0.3, -0.25) is 4.79 Å². The number of carboxylic acid groups (broad SMARTS) is 1. The van der Waals surface area contributed by atoms with E-state index < -0.39 is 18.3 Å². The molecule has 3 atom stereocenters. The van der Waals surface area contributed by atoms with Crippen molar-refractivity contribution in [2.45, 2.75) is 25.7 Å². The minimum atomic E-state index is -1.53. The van der Waals surface area contributed by atoms with Gasteiger partial charge >= 0.3 is 5.97 Å². The molecule has 0 aliphatic carbocycles. The Bertz CT molecular complexity index is 264. The number of carbonyl (C=O) groups is 1. The molecule has 0 aromatic carbocycles. The van der Waals surface area contributed by atoms with Crippen LogP contribution in [0.4, 0.5) is 0 Å². The summed E-state index contributed by atoms with van der Waals surface area (Å²) >= 11 is 0. The lowest BCUT2D eigenvalue weighted by atomic mass is 9.83. The van der Waals surface area contributed by atoms with Crippen LogP contribution in [-0.2, 0) is 4.79 Å². The Labute approximate surface area is 88.4 Å². The van der Waals surface area contributed by atoms with Gasteiger partial charge in [0.15, 0.2) is 6.29 Å². The van der Waals surface area contributed by atoms with Crippen LogP contribution in [0.15, 0.2) is 12.2 Å². The molecule has 5 nitrogen and oxygen atoms in total. The van der Waals surface area contributed by atoms with Gasteiger partial charge in [-0.1, -0.05) is 12.2 Å². The smallest absolute Gasteiger partial charge is 0.303 e. The van der Waals surface area contributed by atoms with Gasteiger partial charge in [0.25, 0.3) is 0 Å². The summed E-state index contributed by atoms with van der Waals surface area (Å²) in [4.78, 5) is 10.7. The van der Waals surface area contributed by atoms with Crippen LogP contribution in [0.25, 0.3) is 0 Å². The molecule has 3 unspecified atom stereocenters. The highest BCUT2D eigenvalue weighted by atomic mass is 16.5. The molecule has 1 aliphatic rings. The molecule has 1 fully saturated rings. The van der Waals surface area contributed by atoms with E-state index in [1.807, 2.05) is 6.92 Å². The summed E-state index contributed by atoms with van der Waals surface area (Å²) in [5, 5.41) is 29.9. The summed E-state index contributed by atoms with van der Waals surface area (Å²) in [7, 11) is 0. The lowest BCUT2D eigenvalue weighted by Crippen LogP contribution is -2.40. The van der Waals surface area contributed by atoms with Gasteiger partial charge in [0, 0.05) is 6.54 Å². The van der Waals surface area contributed by atoms with Crippen LogP contribution in [0, 0.1) is 11.8 Å². The van der Waals surface area contributed by atoms with Crippen LogP contribution in [0.2, 0.25) is 0 Å². The molecule has 0 amide bonds. The number of carboxylic acids is 1. The van der Waals surface area contributed by atoms with E-state index in [1.165, 1.54) is 0 Å². The van der Waals surface area contributed by atoms with Crippen molar-refractivity contribution in [3.05, 3.63) is 12.2 Å². The molecule has 1 saturated heterocycles. The lowest BCUT2D eigenvalue weighted by Gasteiger charge is -2.23. The van der Waals surface area contributed by atoms with E-state index in [9.17, 15) is 4.79 Å². The SMILES string of the molecule is C=C(C)C1CNC(C(O)O)C1CC(=O)O. The Balaban J connectivity index is 2.77. The van der Waals surface area contributed by atoms with Gasteiger partial charge < -0.3 is 20.6 Å². The fourth-order valence-electron chi connectivity index (χ4n) is 2.15. The largest absolute Gasteiger partial charge is 0.481 e. The molecule has 0 radical (unpaired) electrons. The van der Waals surface area contributed by atoms with Crippen molar-refractivity contribution in [3.63, 3.8) is 0 Å². The Morgan fingerprint density at radius 2 is 2.20 bits per heavy atom. The van der Waals surface area contributed by atoms with E-state index in [0.29, 0.717) is 6.54 Å². The van der Waals surface area contributed by atoms with Gasteiger partial charge in [-0.25, -0.2) is 0 Å². The van der Waals surface area contributed by atoms with Crippen LogP contribution in [0.1, 0.15) is 13.3 Å². The first-order valence-electron chi connectivity index (χ1n) is 4.90. The number of rotatable bonds is 4. The first-order chi connectivity index (χ1) is 6.93. The molecule has 1 aliphatic heterocycles. The first kappa shape index (κ1) is 12.2. The molecule has 1 heterocycles. The maximum absolute atomic E-state index is 10.7. The molecule has 1 rings (SSSR count). The summed E-state index contributed by atoms with van der Waals surface area (Å²) in [6.07, 6.45) is -1.61. The summed E-state index contributed by atoms with van der Waals surface area (Å²) in [6, 6.07) is -0.581. The van der Waals surface area contributed by atoms with Gasteiger partial charge in [-0.05, 0) is 18.8 Å². The standard InChI is InChI=1S/C10H17NO4/c1-5(2)7-4-11-9(10(14)15)6(7)3-8(12)13/h6-7,9-11,14-15H,1,3-4H2,2H3,(H,12,13). The van der Waals surface area contributed by atoms with Gasteiger partial charge in [-0.2, -0.15) is 0 Å². The van der Waals surface area contributed by atoms with Crippen LogP contribution in [-0.4, -0.2) is 40.2 Å². The van der Waals surface area contributed by atoms with Gasteiger partial charge in [0.05, 0.1) is 12.5 Å². The molecule has 0 saturated carbocycles. The average Bonchev–Trinajstić information content (AvgIpc) is 2.46. The van der Waals surface area contributed by atoms with E-state index in [2.05, 4.69) is 11.9 Å². The highest BCUT2D eigenvalue weighted by Crippen LogP contribution is 2.31. The molecule has 0 aromatic rings. The number of hydrogen-bond donors (Lipinski definition) is 4. The molecule has 0 aromatic heterocycles. The molecule has 0 spiro atoms. The highest BCUT2D eigenvalue weighted by molar-refractivity contribution is 5.67. The maximum Gasteiger partial charge on any atom is 0.303 e. The van der Waals surface area contributed by atoms with Crippen LogP contribution in [0.5, 0.6) is 0 Å². The second-order valence-corrected chi connectivity index (χ2v) is 4.06. The van der Waals surface area contributed by atoms with E-state index >= 15 is 0 Å². The molecular formula is C10H17NO4. The van der Waals surface area contributed by atoms with Crippen molar-refractivity contribution in [3.8, 4) is 0 Å². The predicted octanol–water partition coefficient (Wildman–Crippen LogP) is -0.448. The minimum Gasteiger partial charge on any atom is -0.481 e. The Kier molecular flexibility index (Phi) is 3.84. The first-order valence-corrected chi connectivity index (χ1v) is 4.90. The zero-order chi connectivity index (χ0) is 11.6. The molecule has 86 valence electrons. The minimum absolute atomic E-state index is 0.00657. The van der Waals surface area contributed by atoms with Gasteiger partial charge in [0.2, 0.25) is 0 Å². The van der Waals surface area contributed by atoms with Gasteiger partial charge in [0.1, 0.15) is 0 Å². The second kappa shape index (κ2) is 4.74. The van der Waals surface area contributed by atoms with Crippen LogP contribution >= 0.6 is 0 Å². The predicted molar refractivity (Wildman–Crippen MR) is 54.1 cm³/mol. The van der Waals surface area contributed by atoms with Crippen molar-refractivity contribution in [2.75, 3.05) is 6.54 Å². The van der Waals surface area contributed by atoms with E-state index in [1.54, 1.807) is 0 Å². The summed E-state index contributed by atoms with van der Waals surface area (Å²) in [5.41, 5.74) is 0.872. The summed E-state index contributed by atoms with van der Waals surface area (Å²) in [6.45, 7) is 6.17. The average molecular weight is 215 g/mol. The zero-order valence-electron chi connectivity index (χ0n) is 8.68. The second-order valence-electron chi connectivity index (χ2n) is 4.06. The van der Waals surface area contributed by atoms with E-state index in [-0.39, 0.29) is 18.3 Å². The topological polar surface area (TPSA) is 89.8 Å². The molecule has 15 heavy (non-hydrogen) atoms. The number of aliphatic hydroxyl groups is 2. The summed E-state index contributed by atoms with van der Waals surface area (Å²) < 4.78 is 0. The normalized spacial score (nSPS) is 30.8. The third kappa shape index (κ3) is 2.77. The van der Waals surface area contributed by atoms with Gasteiger partial charge in [-0.15, -0.1) is 0 Å². The quantitative estimate of drug-likeness (QED) is 0.377. The van der Waals surface area contributed by atoms with E-state index in [0.717, 1.165) is 5.57 Å². The van der Waals surface area contributed by atoms with Crippen molar-refractivity contribution in [1.82, 2.24) is 5.32 Å². The Morgan fingerprint density at radius 3 is 2.60 bits per heavy atom. The third-order valence-corrected chi connectivity index (χ3v) is 2.92. The van der Waals surface area contributed by atoms with Crippen molar-refractivity contribution >= 4 is 5.97 Å². The maximum atomic E-state index is 10.7. The van der Waals surface area contributed by atoms with E-state index in [4.69, 9.17) is 15.3 Å². The lowest BCUT2D eigenvalue weighted by molar-refractivity contribution is -0.139. The van der Waals surface area contributed by atoms with Crippen LogP contribution < -0.4 is 5.32 Å². The van der Waals surface area contributed by atoms with Crippen molar-refractivity contribution in [2.24, 2.45) is 11.8 Å². The third-order valence-electron chi connectivity index (χ3n) is 2.92. The number of aliphatic hydroxyl groups excluding tert-OH is 1. The molecule has 0 bridgehead atoms. The fraction of sp³-hybridized carbons (Fsp3) is 0.700. The number of aliphatic carboxylic acids is 1. The van der Waals surface area contributed by atoms with Crippen molar-refractivity contribution < 1.29 is 20.1 Å². The summed E-state index contributed by atoms with van der Waals surface area (Å²) in [5.74, 6) is -1.24.